The van der Waals surface area contributed by atoms with E-state index in [9.17, 15) is 14.0 Å². The van der Waals surface area contributed by atoms with Crippen LogP contribution in [0.4, 0.5) is 4.39 Å². The third-order valence-electron chi connectivity index (χ3n) is 6.08. The van der Waals surface area contributed by atoms with Crippen LogP contribution in [-0.4, -0.2) is 29.8 Å². The third kappa shape index (κ3) is 5.07. The summed E-state index contributed by atoms with van der Waals surface area (Å²) >= 11 is 0. The standard InChI is InChI=1S/C26H27FN2O3/c1-2-18-5-7-19(8-6-18)21-14-22(25(30)28-15-24-4-3-13-32-24)17-29(16-21)26(31)20-9-11-23(27)12-10-20/h3-13,21-22H,2,14-17H2,1H3,(H,28,30)/t21-,22-/m1/s1. The molecule has 3 aromatic rings. The van der Waals surface area contributed by atoms with Crippen molar-refractivity contribution in [1.29, 1.82) is 0 Å². The highest BCUT2D eigenvalue weighted by Gasteiger charge is 2.35. The van der Waals surface area contributed by atoms with Crippen molar-refractivity contribution in [3.05, 3.63) is 95.2 Å². The summed E-state index contributed by atoms with van der Waals surface area (Å²) in [6.07, 6.45) is 3.18. The van der Waals surface area contributed by atoms with Crippen LogP contribution in [0.2, 0.25) is 0 Å². The number of rotatable bonds is 6. The molecule has 5 nitrogen and oxygen atoms in total. The zero-order chi connectivity index (χ0) is 22.5. The smallest absolute Gasteiger partial charge is 0.253 e. The molecular formula is C26H27FN2O3. The van der Waals surface area contributed by atoms with E-state index in [-0.39, 0.29) is 29.5 Å². The predicted octanol–water partition coefficient (Wildman–Crippen LogP) is 4.54. The topological polar surface area (TPSA) is 62.6 Å². The minimum atomic E-state index is -0.385. The lowest BCUT2D eigenvalue weighted by Gasteiger charge is -2.37. The molecule has 0 bridgehead atoms. The maximum absolute atomic E-state index is 13.3. The number of hydrogen-bond donors (Lipinski definition) is 1. The van der Waals surface area contributed by atoms with Gasteiger partial charge in [-0.1, -0.05) is 31.2 Å². The quantitative estimate of drug-likeness (QED) is 0.619. The molecule has 1 aromatic heterocycles. The molecular weight excluding hydrogens is 407 g/mol. The molecule has 2 heterocycles. The van der Waals surface area contributed by atoms with Crippen LogP contribution in [0.15, 0.2) is 71.3 Å². The van der Waals surface area contributed by atoms with Crippen molar-refractivity contribution in [1.82, 2.24) is 10.2 Å². The van der Waals surface area contributed by atoms with E-state index >= 15 is 0 Å². The van der Waals surface area contributed by atoms with Gasteiger partial charge in [-0.15, -0.1) is 0 Å². The highest BCUT2D eigenvalue weighted by atomic mass is 19.1. The second kappa shape index (κ2) is 9.81. The molecule has 166 valence electrons. The van der Waals surface area contributed by atoms with E-state index in [0.717, 1.165) is 12.0 Å². The largest absolute Gasteiger partial charge is 0.467 e. The van der Waals surface area contributed by atoms with Gasteiger partial charge in [0.2, 0.25) is 5.91 Å². The Morgan fingerprint density at radius 2 is 1.81 bits per heavy atom. The van der Waals surface area contributed by atoms with Crippen LogP contribution in [0.25, 0.3) is 0 Å². The SMILES string of the molecule is CCc1ccc([C@@H]2C[C@@H](C(=O)NCc3ccco3)CN(C(=O)c3ccc(F)cc3)C2)cc1. The normalized spacial score (nSPS) is 18.4. The van der Waals surface area contributed by atoms with E-state index in [1.54, 1.807) is 17.2 Å². The summed E-state index contributed by atoms with van der Waals surface area (Å²) in [5, 5.41) is 2.93. The number of likely N-dealkylation sites (tertiary alicyclic amines) is 1. The summed E-state index contributed by atoms with van der Waals surface area (Å²) in [7, 11) is 0. The van der Waals surface area contributed by atoms with Crippen LogP contribution in [0.1, 0.15) is 46.5 Å². The molecule has 1 N–H and O–H groups in total. The van der Waals surface area contributed by atoms with Crippen molar-refractivity contribution in [2.24, 2.45) is 5.92 Å². The number of aryl methyl sites for hydroxylation is 1. The average molecular weight is 435 g/mol. The van der Waals surface area contributed by atoms with E-state index in [1.165, 1.54) is 29.8 Å². The Labute approximate surface area is 187 Å². The van der Waals surface area contributed by atoms with Crippen LogP contribution >= 0.6 is 0 Å². The fourth-order valence-electron chi connectivity index (χ4n) is 4.23. The monoisotopic (exact) mass is 434 g/mol. The second-order valence-corrected chi connectivity index (χ2v) is 8.24. The number of halogens is 1. The molecule has 0 saturated carbocycles. The van der Waals surface area contributed by atoms with Gasteiger partial charge in [0.1, 0.15) is 11.6 Å². The van der Waals surface area contributed by atoms with Crippen molar-refractivity contribution in [3.8, 4) is 0 Å². The highest BCUT2D eigenvalue weighted by molar-refractivity contribution is 5.94. The first-order chi connectivity index (χ1) is 15.5. The van der Waals surface area contributed by atoms with Crippen molar-refractivity contribution in [3.63, 3.8) is 0 Å². The number of carbonyl (C=O) groups is 2. The number of piperidine rings is 1. The number of carbonyl (C=O) groups excluding carboxylic acids is 2. The lowest BCUT2D eigenvalue weighted by Crippen LogP contribution is -2.48. The van der Waals surface area contributed by atoms with E-state index in [2.05, 4.69) is 36.5 Å². The first kappa shape index (κ1) is 21.8. The number of amides is 2. The van der Waals surface area contributed by atoms with E-state index in [0.29, 0.717) is 37.4 Å². The molecule has 0 aliphatic carbocycles. The van der Waals surface area contributed by atoms with Gasteiger partial charge in [0.25, 0.3) is 5.91 Å². The summed E-state index contributed by atoms with van der Waals surface area (Å²) in [4.78, 5) is 27.9. The van der Waals surface area contributed by atoms with Gasteiger partial charge in [-0.3, -0.25) is 9.59 Å². The van der Waals surface area contributed by atoms with E-state index in [4.69, 9.17) is 4.42 Å². The van der Waals surface area contributed by atoms with Gasteiger partial charge in [-0.05, 0) is 60.4 Å². The van der Waals surface area contributed by atoms with Crippen LogP contribution in [0.3, 0.4) is 0 Å². The zero-order valence-electron chi connectivity index (χ0n) is 18.1. The molecule has 32 heavy (non-hydrogen) atoms. The van der Waals surface area contributed by atoms with E-state index in [1.807, 2.05) is 6.07 Å². The minimum absolute atomic E-state index is 0.0402. The molecule has 1 saturated heterocycles. The van der Waals surface area contributed by atoms with Crippen LogP contribution in [-0.2, 0) is 17.8 Å². The molecule has 0 unspecified atom stereocenters. The van der Waals surface area contributed by atoms with Crippen LogP contribution in [0.5, 0.6) is 0 Å². The second-order valence-electron chi connectivity index (χ2n) is 8.24. The molecule has 0 radical (unpaired) electrons. The highest BCUT2D eigenvalue weighted by Crippen LogP contribution is 2.31. The van der Waals surface area contributed by atoms with Gasteiger partial charge in [-0.25, -0.2) is 4.39 Å². The fourth-order valence-corrected chi connectivity index (χ4v) is 4.23. The molecule has 4 rings (SSSR count). The summed E-state index contributed by atoms with van der Waals surface area (Å²) in [5.74, 6) is -0.307. The molecule has 2 amide bonds. The fraction of sp³-hybridized carbons (Fsp3) is 0.308. The molecule has 1 aliphatic rings. The van der Waals surface area contributed by atoms with Crippen molar-refractivity contribution < 1.29 is 18.4 Å². The Kier molecular flexibility index (Phi) is 6.69. The third-order valence-corrected chi connectivity index (χ3v) is 6.08. The number of benzene rings is 2. The Hall–Kier alpha value is -3.41. The molecule has 6 heteroatoms. The first-order valence-electron chi connectivity index (χ1n) is 11.0. The Balaban J connectivity index is 1.54. The van der Waals surface area contributed by atoms with Crippen molar-refractivity contribution in [2.75, 3.05) is 13.1 Å². The summed E-state index contributed by atoms with van der Waals surface area (Å²) in [5.41, 5.74) is 2.78. The Morgan fingerprint density at radius 3 is 2.47 bits per heavy atom. The molecule has 0 spiro atoms. The Bertz CT molecular complexity index is 1050. The maximum atomic E-state index is 13.3. The van der Waals surface area contributed by atoms with Gasteiger partial charge < -0.3 is 14.6 Å². The van der Waals surface area contributed by atoms with Gasteiger partial charge in [0, 0.05) is 24.6 Å². The number of nitrogens with zero attached hydrogens (tertiary/aromatic N) is 1. The summed E-state index contributed by atoms with van der Waals surface area (Å²) < 4.78 is 18.6. The molecule has 2 atom stereocenters. The summed E-state index contributed by atoms with van der Waals surface area (Å²) in [6, 6.07) is 17.5. The van der Waals surface area contributed by atoms with Gasteiger partial charge in [-0.2, -0.15) is 0 Å². The zero-order valence-corrected chi connectivity index (χ0v) is 18.1. The van der Waals surface area contributed by atoms with Gasteiger partial charge in [0.15, 0.2) is 0 Å². The van der Waals surface area contributed by atoms with Crippen molar-refractivity contribution >= 4 is 11.8 Å². The first-order valence-corrected chi connectivity index (χ1v) is 11.0. The lowest BCUT2D eigenvalue weighted by atomic mass is 9.83. The molecule has 2 aromatic carbocycles. The summed E-state index contributed by atoms with van der Waals surface area (Å²) in [6.45, 7) is 3.26. The van der Waals surface area contributed by atoms with Gasteiger partial charge >= 0.3 is 0 Å². The van der Waals surface area contributed by atoms with Gasteiger partial charge in [0.05, 0.1) is 18.7 Å². The number of nitrogens with one attached hydrogen (secondary N) is 1. The number of hydrogen-bond acceptors (Lipinski definition) is 3. The number of furan rings is 1. The minimum Gasteiger partial charge on any atom is -0.467 e. The average Bonchev–Trinajstić information content (AvgIpc) is 3.36. The lowest BCUT2D eigenvalue weighted by molar-refractivity contribution is -0.126. The maximum Gasteiger partial charge on any atom is 0.253 e. The van der Waals surface area contributed by atoms with Crippen LogP contribution in [0, 0.1) is 11.7 Å². The van der Waals surface area contributed by atoms with Crippen molar-refractivity contribution in [2.45, 2.75) is 32.2 Å². The van der Waals surface area contributed by atoms with Crippen LogP contribution < -0.4 is 5.32 Å². The predicted molar refractivity (Wildman–Crippen MR) is 120 cm³/mol. The molecule has 1 fully saturated rings. The van der Waals surface area contributed by atoms with E-state index < -0.39 is 0 Å². The Morgan fingerprint density at radius 1 is 1.06 bits per heavy atom. The molecule has 1 aliphatic heterocycles.